The molecule has 0 saturated carbocycles. The normalized spacial score (nSPS) is 20.9. The van der Waals surface area contributed by atoms with Gasteiger partial charge in [-0.05, 0) is 23.6 Å². The Balaban J connectivity index is 1.74. The minimum Gasteiger partial charge on any atom is -0.508 e. The molecule has 1 spiro atoms. The van der Waals surface area contributed by atoms with Crippen LogP contribution >= 0.6 is 0 Å². The maximum absolute atomic E-state index is 12.8. The second kappa shape index (κ2) is 5.80. The maximum atomic E-state index is 12.8. The number of carbonyl (C=O) groups excluding carboxylic acids is 1. The van der Waals surface area contributed by atoms with E-state index in [0.717, 1.165) is 5.56 Å². The zero-order valence-corrected chi connectivity index (χ0v) is 14.1. The molecule has 1 amide bonds. The number of likely N-dealkylation sites (tertiary alicyclic amines) is 1. The van der Waals surface area contributed by atoms with Gasteiger partial charge in [0.05, 0.1) is 13.2 Å². The van der Waals surface area contributed by atoms with Crippen LogP contribution in [0.4, 0.5) is 0 Å². The predicted molar refractivity (Wildman–Crippen MR) is 86.6 cm³/mol. The van der Waals surface area contributed by atoms with Crippen molar-refractivity contribution in [3.8, 4) is 5.75 Å². The molecule has 5 heteroatoms. The minimum absolute atomic E-state index is 0.00310. The number of ether oxygens (including phenoxy) is 2. The van der Waals surface area contributed by atoms with Crippen molar-refractivity contribution in [3.05, 3.63) is 29.3 Å². The summed E-state index contributed by atoms with van der Waals surface area (Å²) in [7, 11) is 0. The first kappa shape index (κ1) is 16.3. The van der Waals surface area contributed by atoms with Crippen LogP contribution in [-0.4, -0.2) is 48.0 Å². The van der Waals surface area contributed by atoms with Gasteiger partial charge in [0.1, 0.15) is 5.75 Å². The molecule has 0 aromatic heterocycles. The van der Waals surface area contributed by atoms with Gasteiger partial charge in [-0.15, -0.1) is 0 Å². The van der Waals surface area contributed by atoms with Gasteiger partial charge in [-0.25, -0.2) is 0 Å². The Morgan fingerprint density at radius 1 is 1.17 bits per heavy atom. The Hall–Kier alpha value is -1.59. The van der Waals surface area contributed by atoms with Crippen LogP contribution in [0.5, 0.6) is 5.75 Å². The number of piperidine rings is 1. The summed E-state index contributed by atoms with van der Waals surface area (Å²) >= 11 is 0. The van der Waals surface area contributed by atoms with Gasteiger partial charge in [-0.3, -0.25) is 4.79 Å². The van der Waals surface area contributed by atoms with Gasteiger partial charge in [-0.2, -0.15) is 0 Å². The van der Waals surface area contributed by atoms with Crippen LogP contribution in [0, 0.1) is 0 Å². The van der Waals surface area contributed by atoms with Crippen molar-refractivity contribution in [2.45, 2.75) is 44.8 Å². The second-order valence-electron chi connectivity index (χ2n) is 7.38. The summed E-state index contributed by atoms with van der Waals surface area (Å²) in [4.78, 5) is 14.6. The Morgan fingerprint density at radius 3 is 2.35 bits per heavy atom. The first-order valence-corrected chi connectivity index (χ1v) is 8.21. The number of hydrogen-bond donors (Lipinski definition) is 1. The molecule has 2 saturated heterocycles. The quantitative estimate of drug-likeness (QED) is 0.864. The minimum atomic E-state index is -0.470. The lowest BCUT2D eigenvalue weighted by molar-refractivity contribution is -0.181. The average molecular weight is 319 g/mol. The summed E-state index contributed by atoms with van der Waals surface area (Å²) in [6.07, 6.45) is 1.42. The van der Waals surface area contributed by atoms with Gasteiger partial charge in [-0.1, -0.05) is 20.8 Å². The molecule has 2 aliphatic rings. The highest BCUT2D eigenvalue weighted by Gasteiger charge is 2.40. The van der Waals surface area contributed by atoms with Gasteiger partial charge < -0.3 is 19.5 Å². The monoisotopic (exact) mass is 319 g/mol. The molecule has 1 aromatic carbocycles. The highest BCUT2D eigenvalue weighted by Crippen LogP contribution is 2.34. The average Bonchev–Trinajstić information content (AvgIpc) is 2.95. The molecule has 0 unspecified atom stereocenters. The van der Waals surface area contributed by atoms with Crippen molar-refractivity contribution in [3.63, 3.8) is 0 Å². The molecular weight excluding hydrogens is 294 g/mol. The van der Waals surface area contributed by atoms with Crippen molar-refractivity contribution >= 4 is 5.91 Å². The Labute approximate surface area is 137 Å². The molecule has 0 atom stereocenters. The zero-order chi connectivity index (χ0) is 16.7. The maximum Gasteiger partial charge on any atom is 0.253 e. The lowest BCUT2D eigenvalue weighted by atomic mass is 9.85. The number of nitrogens with zero attached hydrogens (tertiary/aromatic N) is 1. The molecule has 2 aliphatic heterocycles. The van der Waals surface area contributed by atoms with Crippen molar-refractivity contribution in [2.75, 3.05) is 26.3 Å². The van der Waals surface area contributed by atoms with Gasteiger partial charge in [0.15, 0.2) is 5.79 Å². The molecule has 1 N–H and O–H groups in total. The third-order valence-electron chi connectivity index (χ3n) is 4.68. The van der Waals surface area contributed by atoms with E-state index in [1.165, 1.54) is 0 Å². The number of benzene rings is 1. The van der Waals surface area contributed by atoms with E-state index in [2.05, 4.69) is 0 Å². The predicted octanol–water partition coefficient (Wildman–Crippen LogP) is 2.67. The first-order valence-electron chi connectivity index (χ1n) is 8.21. The number of amides is 1. The van der Waals surface area contributed by atoms with E-state index >= 15 is 0 Å². The molecule has 0 radical (unpaired) electrons. The highest BCUT2D eigenvalue weighted by atomic mass is 16.7. The number of carbonyl (C=O) groups is 1. The largest absolute Gasteiger partial charge is 0.508 e. The van der Waals surface area contributed by atoms with Crippen molar-refractivity contribution < 1.29 is 19.4 Å². The lowest BCUT2D eigenvalue weighted by Crippen LogP contribution is -2.47. The van der Waals surface area contributed by atoms with Gasteiger partial charge >= 0.3 is 0 Å². The number of hydrogen-bond acceptors (Lipinski definition) is 4. The fourth-order valence-electron chi connectivity index (χ4n) is 3.29. The summed E-state index contributed by atoms with van der Waals surface area (Å²) in [6.45, 7) is 8.61. The topological polar surface area (TPSA) is 59.0 Å². The van der Waals surface area contributed by atoms with Crippen LogP contribution < -0.4 is 0 Å². The van der Waals surface area contributed by atoms with Crippen LogP contribution in [0.15, 0.2) is 18.2 Å². The Bertz CT molecular complexity index is 590. The van der Waals surface area contributed by atoms with E-state index in [1.807, 2.05) is 31.7 Å². The SMILES string of the molecule is CC(C)(C)c1cc(C(=O)N2CCC3(CC2)OCCO3)ccc1O. The van der Waals surface area contributed by atoms with Crippen LogP contribution in [0.1, 0.15) is 49.5 Å². The fraction of sp³-hybridized carbons (Fsp3) is 0.611. The standard InChI is InChI=1S/C18H25NO4/c1-17(2,3)14-12-13(4-5-15(14)20)16(21)19-8-6-18(7-9-19)22-10-11-23-18/h4-5,12,20H,6-11H2,1-3H3. The Morgan fingerprint density at radius 2 is 1.78 bits per heavy atom. The van der Waals surface area contributed by atoms with Crippen molar-refractivity contribution in [1.29, 1.82) is 0 Å². The molecular formula is C18H25NO4. The van der Waals surface area contributed by atoms with Crippen molar-refractivity contribution in [2.24, 2.45) is 0 Å². The molecule has 2 heterocycles. The third kappa shape index (κ3) is 3.21. The van der Waals surface area contributed by atoms with E-state index in [9.17, 15) is 9.90 Å². The van der Waals surface area contributed by atoms with Crippen LogP contribution in [0.2, 0.25) is 0 Å². The van der Waals surface area contributed by atoms with E-state index < -0.39 is 5.79 Å². The number of phenolic OH excluding ortho intramolecular Hbond substituents is 1. The smallest absolute Gasteiger partial charge is 0.253 e. The van der Waals surface area contributed by atoms with Crippen molar-refractivity contribution in [1.82, 2.24) is 4.90 Å². The summed E-state index contributed by atoms with van der Waals surface area (Å²) in [5.41, 5.74) is 1.20. The third-order valence-corrected chi connectivity index (χ3v) is 4.68. The highest BCUT2D eigenvalue weighted by molar-refractivity contribution is 5.94. The lowest BCUT2D eigenvalue weighted by Gasteiger charge is -2.37. The molecule has 0 aliphatic carbocycles. The summed E-state index contributed by atoms with van der Waals surface area (Å²) in [5.74, 6) is -0.231. The van der Waals surface area contributed by atoms with E-state index in [4.69, 9.17) is 9.47 Å². The van der Waals surface area contributed by atoms with Gasteiger partial charge in [0.2, 0.25) is 0 Å². The Kier molecular flexibility index (Phi) is 4.10. The molecule has 126 valence electrons. The van der Waals surface area contributed by atoms with Gasteiger partial charge in [0.25, 0.3) is 5.91 Å². The van der Waals surface area contributed by atoms with Crippen LogP contribution in [0.3, 0.4) is 0 Å². The second-order valence-corrected chi connectivity index (χ2v) is 7.38. The van der Waals surface area contributed by atoms with E-state index in [-0.39, 0.29) is 17.1 Å². The van der Waals surface area contributed by atoms with Crippen LogP contribution in [-0.2, 0) is 14.9 Å². The summed E-state index contributed by atoms with van der Waals surface area (Å²) in [5, 5.41) is 10.0. The molecule has 23 heavy (non-hydrogen) atoms. The molecule has 1 aromatic rings. The van der Waals surface area contributed by atoms with E-state index in [1.54, 1.807) is 12.1 Å². The fourth-order valence-corrected chi connectivity index (χ4v) is 3.29. The van der Waals surface area contributed by atoms with Gasteiger partial charge in [0, 0.05) is 37.1 Å². The number of phenols is 1. The molecule has 0 bridgehead atoms. The number of rotatable bonds is 1. The summed E-state index contributed by atoms with van der Waals surface area (Å²) in [6, 6.07) is 5.12. The molecule has 5 nitrogen and oxygen atoms in total. The van der Waals surface area contributed by atoms with Crippen LogP contribution in [0.25, 0.3) is 0 Å². The first-order chi connectivity index (χ1) is 10.8. The number of aromatic hydroxyl groups is 1. The summed E-state index contributed by atoms with van der Waals surface area (Å²) < 4.78 is 11.4. The molecule has 2 fully saturated rings. The molecule has 3 rings (SSSR count). The van der Waals surface area contributed by atoms with E-state index in [0.29, 0.717) is 44.7 Å². The zero-order valence-electron chi connectivity index (χ0n) is 14.1.